The quantitative estimate of drug-likeness (QED) is 0.792. The van der Waals surface area contributed by atoms with Gasteiger partial charge in [-0.2, -0.15) is 5.10 Å². The van der Waals surface area contributed by atoms with E-state index in [0.29, 0.717) is 0 Å². The molecule has 0 aliphatic rings. The molecule has 0 saturated heterocycles. The van der Waals surface area contributed by atoms with Gasteiger partial charge in [-0.3, -0.25) is 14.7 Å². The first-order valence-corrected chi connectivity index (χ1v) is 5.55. The summed E-state index contributed by atoms with van der Waals surface area (Å²) in [6.07, 6.45) is 1.17. The van der Waals surface area contributed by atoms with E-state index in [-0.39, 0.29) is 11.4 Å². The number of aromatic nitrogens is 2. The maximum Gasteiger partial charge on any atom is 0.271 e. The number of nitrogens with one attached hydrogen (secondary N) is 3. The van der Waals surface area contributed by atoms with Crippen LogP contribution in [0.15, 0.2) is 24.4 Å². The van der Waals surface area contributed by atoms with Crippen molar-refractivity contribution in [3.63, 3.8) is 0 Å². The topological polar surface area (TPSA) is 86.9 Å². The standard InChI is InChI=1S/C12H10F2N4O2/c1-15-12(20)10-8(5-16-18-10)17-11(19)9-6(13)3-2-4-7(9)14/h2-5H,1H3,(H,15,20)(H,16,18)(H,17,19). The summed E-state index contributed by atoms with van der Waals surface area (Å²) in [4.78, 5) is 23.3. The Kier molecular flexibility index (Phi) is 3.74. The molecule has 2 amide bonds. The Hall–Kier alpha value is -2.77. The minimum atomic E-state index is -1.01. The number of nitrogens with zero attached hydrogens (tertiary/aromatic N) is 1. The molecule has 0 aliphatic heterocycles. The monoisotopic (exact) mass is 280 g/mol. The van der Waals surface area contributed by atoms with E-state index >= 15 is 0 Å². The highest BCUT2D eigenvalue weighted by atomic mass is 19.1. The van der Waals surface area contributed by atoms with Crippen molar-refractivity contribution in [2.75, 3.05) is 12.4 Å². The van der Waals surface area contributed by atoms with Gasteiger partial charge in [0.25, 0.3) is 11.8 Å². The van der Waals surface area contributed by atoms with Crippen molar-refractivity contribution in [3.8, 4) is 0 Å². The molecular weight excluding hydrogens is 270 g/mol. The zero-order valence-corrected chi connectivity index (χ0v) is 10.3. The normalized spacial score (nSPS) is 10.2. The van der Waals surface area contributed by atoms with E-state index in [4.69, 9.17) is 0 Å². The average molecular weight is 280 g/mol. The predicted molar refractivity (Wildman–Crippen MR) is 66.3 cm³/mol. The zero-order chi connectivity index (χ0) is 14.7. The minimum absolute atomic E-state index is 0.0161. The van der Waals surface area contributed by atoms with Crippen LogP contribution in [0.2, 0.25) is 0 Å². The van der Waals surface area contributed by atoms with Crippen LogP contribution in [0.5, 0.6) is 0 Å². The highest BCUT2D eigenvalue weighted by molar-refractivity contribution is 6.08. The van der Waals surface area contributed by atoms with Gasteiger partial charge in [0.15, 0.2) is 0 Å². The number of hydrogen-bond acceptors (Lipinski definition) is 3. The number of amides is 2. The molecule has 1 aromatic carbocycles. The van der Waals surface area contributed by atoms with E-state index in [1.807, 2.05) is 0 Å². The molecule has 2 aromatic rings. The van der Waals surface area contributed by atoms with E-state index in [9.17, 15) is 18.4 Å². The van der Waals surface area contributed by atoms with Gasteiger partial charge < -0.3 is 10.6 Å². The molecule has 0 fully saturated rings. The molecule has 0 spiro atoms. The van der Waals surface area contributed by atoms with Gasteiger partial charge in [0.2, 0.25) is 0 Å². The first kappa shape index (κ1) is 13.7. The summed E-state index contributed by atoms with van der Waals surface area (Å²) in [5, 5.41) is 10.5. The number of carbonyl (C=O) groups is 2. The molecule has 2 rings (SSSR count). The molecule has 3 N–H and O–H groups in total. The molecular formula is C12H10F2N4O2. The average Bonchev–Trinajstić information content (AvgIpc) is 2.85. The van der Waals surface area contributed by atoms with Crippen molar-refractivity contribution >= 4 is 17.5 Å². The molecule has 0 saturated carbocycles. The van der Waals surface area contributed by atoms with E-state index in [2.05, 4.69) is 20.8 Å². The number of rotatable bonds is 3. The zero-order valence-electron chi connectivity index (χ0n) is 10.3. The van der Waals surface area contributed by atoms with Crippen LogP contribution in [0.3, 0.4) is 0 Å². The summed E-state index contributed by atoms with van der Waals surface area (Å²) in [5.41, 5.74) is -0.717. The molecule has 0 radical (unpaired) electrons. The van der Waals surface area contributed by atoms with E-state index in [1.165, 1.54) is 13.2 Å². The second kappa shape index (κ2) is 5.47. The first-order chi connectivity index (χ1) is 9.54. The first-order valence-electron chi connectivity index (χ1n) is 5.55. The summed E-state index contributed by atoms with van der Waals surface area (Å²) in [6.45, 7) is 0. The largest absolute Gasteiger partial charge is 0.354 e. The van der Waals surface area contributed by atoms with E-state index in [1.54, 1.807) is 0 Å². The van der Waals surface area contributed by atoms with Crippen LogP contribution in [0.1, 0.15) is 20.8 Å². The molecule has 0 atom stereocenters. The fraction of sp³-hybridized carbons (Fsp3) is 0.0833. The highest BCUT2D eigenvalue weighted by Crippen LogP contribution is 2.17. The third-order valence-electron chi connectivity index (χ3n) is 2.53. The number of aromatic amines is 1. The fourth-order valence-corrected chi connectivity index (χ4v) is 1.58. The van der Waals surface area contributed by atoms with Crippen molar-refractivity contribution in [2.24, 2.45) is 0 Å². The van der Waals surface area contributed by atoms with E-state index in [0.717, 1.165) is 18.2 Å². The molecule has 8 heteroatoms. The van der Waals surface area contributed by atoms with Crippen LogP contribution in [0, 0.1) is 11.6 Å². The summed E-state index contributed by atoms with van der Waals surface area (Å²) in [7, 11) is 1.39. The molecule has 6 nitrogen and oxygen atoms in total. The van der Waals surface area contributed by atoms with Crippen molar-refractivity contribution in [3.05, 3.63) is 47.3 Å². The summed E-state index contributed by atoms with van der Waals surface area (Å²) >= 11 is 0. The van der Waals surface area contributed by atoms with Crippen LogP contribution < -0.4 is 10.6 Å². The molecule has 0 unspecified atom stereocenters. The van der Waals surface area contributed by atoms with Crippen LogP contribution in [-0.4, -0.2) is 29.1 Å². The maximum atomic E-state index is 13.5. The minimum Gasteiger partial charge on any atom is -0.354 e. The summed E-state index contributed by atoms with van der Waals surface area (Å²) < 4.78 is 26.9. The molecule has 1 heterocycles. The lowest BCUT2D eigenvalue weighted by atomic mass is 10.2. The Morgan fingerprint density at radius 1 is 1.20 bits per heavy atom. The van der Waals surface area contributed by atoms with Gasteiger partial charge in [-0.15, -0.1) is 0 Å². The van der Waals surface area contributed by atoms with Gasteiger partial charge in [-0.05, 0) is 12.1 Å². The third-order valence-corrected chi connectivity index (χ3v) is 2.53. The van der Waals surface area contributed by atoms with Crippen LogP contribution >= 0.6 is 0 Å². The summed E-state index contributed by atoms with van der Waals surface area (Å²) in [5.74, 6) is -3.51. The smallest absolute Gasteiger partial charge is 0.271 e. The number of halogens is 2. The van der Waals surface area contributed by atoms with Crippen molar-refractivity contribution in [1.82, 2.24) is 15.5 Å². The number of carbonyl (C=O) groups excluding carboxylic acids is 2. The van der Waals surface area contributed by atoms with Crippen molar-refractivity contribution in [1.29, 1.82) is 0 Å². The Bertz CT molecular complexity index is 649. The molecule has 0 bridgehead atoms. The lowest BCUT2D eigenvalue weighted by Gasteiger charge is -2.06. The molecule has 104 valence electrons. The van der Waals surface area contributed by atoms with Gasteiger partial charge in [0, 0.05) is 7.05 Å². The second-order valence-electron chi connectivity index (χ2n) is 3.79. The number of anilines is 1. The Balaban J connectivity index is 2.29. The van der Waals surface area contributed by atoms with Gasteiger partial charge in [0.05, 0.1) is 11.9 Å². The maximum absolute atomic E-state index is 13.5. The molecule has 0 aliphatic carbocycles. The van der Waals surface area contributed by atoms with Gasteiger partial charge in [-0.1, -0.05) is 6.07 Å². The lowest BCUT2D eigenvalue weighted by Crippen LogP contribution is -2.22. The van der Waals surface area contributed by atoms with E-state index < -0.39 is 29.0 Å². The molecule has 20 heavy (non-hydrogen) atoms. The Morgan fingerprint density at radius 2 is 1.85 bits per heavy atom. The van der Waals surface area contributed by atoms with Gasteiger partial charge in [0.1, 0.15) is 22.9 Å². The third kappa shape index (κ3) is 2.48. The van der Waals surface area contributed by atoms with Crippen LogP contribution in [-0.2, 0) is 0 Å². The van der Waals surface area contributed by atoms with Crippen molar-refractivity contribution in [2.45, 2.75) is 0 Å². The van der Waals surface area contributed by atoms with Gasteiger partial charge in [-0.25, -0.2) is 8.78 Å². The Labute approximate surface area is 112 Å². The van der Waals surface area contributed by atoms with Crippen LogP contribution in [0.25, 0.3) is 0 Å². The Morgan fingerprint density at radius 3 is 2.45 bits per heavy atom. The lowest BCUT2D eigenvalue weighted by molar-refractivity contribution is 0.0959. The SMILES string of the molecule is CNC(=O)c1[nH]ncc1NC(=O)c1c(F)cccc1F. The molecule has 1 aromatic heterocycles. The predicted octanol–water partition coefficient (Wildman–Crippen LogP) is 1.30. The highest BCUT2D eigenvalue weighted by Gasteiger charge is 2.20. The van der Waals surface area contributed by atoms with Gasteiger partial charge >= 0.3 is 0 Å². The number of benzene rings is 1. The van der Waals surface area contributed by atoms with Crippen LogP contribution in [0.4, 0.5) is 14.5 Å². The van der Waals surface area contributed by atoms with Crippen molar-refractivity contribution < 1.29 is 18.4 Å². The number of H-pyrrole nitrogens is 1. The fourth-order valence-electron chi connectivity index (χ4n) is 1.58. The summed E-state index contributed by atoms with van der Waals surface area (Å²) in [6, 6.07) is 3.08. The number of hydrogen-bond donors (Lipinski definition) is 3. The second-order valence-corrected chi connectivity index (χ2v) is 3.79.